The maximum absolute atomic E-state index is 11.6. The molecule has 0 spiro atoms. The summed E-state index contributed by atoms with van der Waals surface area (Å²) in [6, 6.07) is 4.17. The van der Waals surface area contributed by atoms with Crippen molar-refractivity contribution in [3.63, 3.8) is 0 Å². The van der Waals surface area contributed by atoms with Gasteiger partial charge in [0.2, 0.25) is 0 Å². The van der Waals surface area contributed by atoms with Crippen LogP contribution in [-0.2, 0) is 4.74 Å². The second kappa shape index (κ2) is 5.97. The van der Waals surface area contributed by atoms with Gasteiger partial charge in [-0.25, -0.2) is 0 Å². The van der Waals surface area contributed by atoms with Gasteiger partial charge >= 0.3 is 0 Å². The molecule has 3 N–H and O–H groups in total. The van der Waals surface area contributed by atoms with Gasteiger partial charge in [-0.15, -0.1) is 0 Å². The molecule has 16 heavy (non-hydrogen) atoms. The van der Waals surface area contributed by atoms with Gasteiger partial charge in [-0.1, -0.05) is 6.07 Å². The number of benzene rings is 1. The fourth-order valence-corrected chi connectivity index (χ4v) is 1.27. The number of methoxy groups -OCH3 is 1. The third-order valence-electron chi connectivity index (χ3n) is 2.06. The van der Waals surface area contributed by atoms with E-state index in [9.17, 15) is 15.0 Å². The topological polar surface area (TPSA) is 78.8 Å². The van der Waals surface area contributed by atoms with E-state index < -0.39 is 5.91 Å². The summed E-state index contributed by atoms with van der Waals surface area (Å²) in [5.41, 5.74) is -0.0973. The molecule has 0 bridgehead atoms. The Balaban J connectivity index is 2.59. The molecule has 88 valence electrons. The Morgan fingerprint density at radius 3 is 2.56 bits per heavy atom. The Labute approximate surface area is 93.7 Å². The van der Waals surface area contributed by atoms with Crippen LogP contribution in [0.5, 0.6) is 11.5 Å². The first-order valence-corrected chi connectivity index (χ1v) is 4.95. The highest BCUT2D eigenvalue weighted by atomic mass is 16.5. The number of nitrogens with one attached hydrogen (secondary N) is 1. The number of carbonyl (C=O) groups excluding carboxylic acids is 1. The number of phenols is 2. The molecule has 0 aliphatic carbocycles. The molecule has 1 amide bonds. The van der Waals surface area contributed by atoms with E-state index in [0.29, 0.717) is 19.6 Å². The van der Waals surface area contributed by atoms with E-state index in [1.165, 1.54) is 18.2 Å². The van der Waals surface area contributed by atoms with E-state index in [1.54, 1.807) is 7.11 Å². The van der Waals surface area contributed by atoms with Gasteiger partial charge in [0, 0.05) is 20.3 Å². The number of hydrogen-bond donors (Lipinski definition) is 3. The first-order chi connectivity index (χ1) is 7.66. The van der Waals surface area contributed by atoms with Gasteiger partial charge in [-0.3, -0.25) is 4.79 Å². The van der Waals surface area contributed by atoms with Crippen molar-refractivity contribution in [2.45, 2.75) is 6.42 Å². The molecule has 0 saturated carbocycles. The van der Waals surface area contributed by atoms with Gasteiger partial charge in [0.25, 0.3) is 5.91 Å². The number of carbonyl (C=O) groups is 1. The van der Waals surface area contributed by atoms with Crippen LogP contribution in [-0.4, -0.2) is 36.4 Å². The van der Waals surface area contributed by atoms with E-state index >= 15 is 0 Å². The molecule has 0 radical (unpaired) electrons. The normalized spacial score (nSPS) is 10.1. The second-order valence-electron chi connectivity index (χ2n) is 3.27. The molecule has 1 aromatic carbocycles. The lowest BCUT2D eigenvalue weighted by atomic mass is 10.1. The zero-order valence-corrected chi connectivity index (χ0v) is 9.06. The highest BCUT2D eigenvalue weighted by Crippen LogP contribution is 2.25. The fraction of sp³-hybridized carbons (Fsp3) is 0.364. The first kappa shape index (κ1) is 12.3. The Morgan fingerprint density at radius 2 is 2.00 bits per heavy atom. The van der Waals surface area contributed by atoms with Gasteiger partial charge in [-0.2, -0.15) is 0 Å². The van der Waals surface area contributed by atoms with E-state index in [0.717, 1.165) is 0 Å². The summed E-state index contributed by atoms with van der Waals surface area (Å²) in [7, 11) is 1.58. The van der Waals surface area contributed by atoms with E-state index in [4.69, 9.17) is 4.74 Å². The van der Waals surface area contributed by atoms with Crippen LogP contribution in [0.25, 0.3) is 0 Å². The van der Waals surface area contributed by atoms with Crippen molar-refractivity contribution in [2.24, 2.45) is 0 Å². The lowest BCUT2D eigenvalue weighted by Gasteiger charge is -2.07. The number of hydrogen-bond acceptors (Lipinski definition) is 4. The summed E-state index contributed by atoms with van der Waals surface area (Å²) in [5.74, 6) is -0.958. The predicted molar refractivity (Wildman–Crippen MR) is 58.6 cm³/mol. The highest BCUT2D eigenvalue weighted by molar-refractivity contribution is 5.99. The summed E-state index contributed by atoms with van der Waals surface area (Å²) in [5, 5.41) is 21.4. The van der Waals surface area contributed by atoms with Crippen molar-refractivity contribution < 1.29 is 19.7 Å². The zero-order chi connectivity index (χ0) is 12.0. The van der Waals surface area contributed by atoms with Crippen LogP contribution in [0, 0.1) is 0 Å². The maximum atomic E-state index is 11.6. The average molecular weight is 225 g/mol. The number of amides is 1. The quantitative estimate of drug-likeness (QED) is 0.649. The molecule has 0 fully saturated rings. The minimum absolute atomic E-state index is 0.0973. The maximum Gasteiger partial charge on any atom is 0.258 e. The van der Waals surface area contributed by atoms with Crippen molar-refractivity contribution in [1.29, 1.82) is 0 Å². The third-order valence-corrected chi connectivity index (χ3v) is 2.06. The molecule has 0 unspecified atom stereocenters. The molecule has 5 nitrogen and oxygen atoms in total. The van der Waals surface area contributed by atoms with Crippen LogP contribution in [0.1, 0.15) is 16.8 Å². The first-order valence-electron chi connectivity index (χ1n) is 4.95. The molecule has 0 aromatic heterocycles. The minimum atomic E-state index is -0.494. The lowest BCUT2D eigenvalue weighted by Crippen LogP contribution is -2.25. The second-order valence-corrected chi connectivity index (χ2v) is 3.27. The summed E-state index contributed by atoms with van der Waals surface area (Å²) in [6.07, 6.45) is 0.677. The molecular formula is C11H15NO4. The number of aromatic hydroxyl groups is 2. The summed E-state index contributed by atoms with van der Waals surface area (Å²) < 4.78 is 4.83. The molecule has 0 saturated heterocycles. The molecule has 0 atom stereocenters. The molecule has 0 aliphatic heterocycles. The standard InChI is InChI=1S/C11H15NO4/c1-16-7-3-6-12-11(15)10-8(13)4-2-5-9(10)14/h2,4-5,13-14H,3,6-7H2,1H3,(H,12,15). The van der Waals surface area contributed by atoms with Crippen molar-refractivity contribution in [3.8, 4) is 11.5 Å². The molecule has 5 heteroatoms. The predicted octanol–water partition coefficient (Wildman–Crippen LogP) is 0.864. The Hall–Kier alpha value is -1.75. The van der Waals surface area contributed by atoms with E-state index in [1.807, 2.05) is 0 Å². The van der Waals surface area contributed by atoms with Crippen molar-refractivity contribution in [2.75, 3.05) is 20.3 Å². The SMILES string of the molecule is COCCCNC(=O)c1c(O)cccc1O. The largest absolute Gasteiger partial charge is 0.507 e. The average Bonchev–Trinajstić information content (AvgIpc) is 2.24. The Kier molecular flexibility index (Phi) is 4.60. The molecule has 1 rings (SSSR count). The fourth-order valence-electron chi connectivity index (χ4n) is 1.27. The molecule has 0 aliphatic rings. The summed E-state index contributed by atoms with van der Waals surface area (Å²) in [6.45, 7) is 0.980. The van der Waals surface area contributed by atoms with Gasteiger partial charge in [-0.05, 0) is 18.6 Å². The summed E-state index contributed by atoms with van der Waals surface area (Å²) >= 11 is 0. The van der Waals surface area contributed by atoms with Crippen LogP contribution in [0.4, 0.5) is 0 Å². The monoisotopic (exact) mass is 225 g/mol. The van der Waals surface area contributed by atoms with Crippen molar-refractivity contribution in [3.05, 3.63) is 23.8 Å². The van der Waals surface area contributed by atoms with Crippen LogP contribution in [0.15, 0.2) is 18.2 Å². The van der Waals surface area contributed by atoms with Crippen LogP contribution < -0.4 is 5.32 Å². The van der Waals surface area contributed by atoms with Crippen LogP contribution in [0.3, 0.4) is 0 Å². The van der Waals surface area contributed by atoms with Gasteiger partial charge in [0.05, 0.1) is 0 Å². The van der Waals surface area contributed by atoms with E-state index in [2.05, 4.69) is 5.32 Å². The number of rotatable bonds is 5. The molecule has 1 aromatic rings. The molecular weight excluding hydrogens is 210 g/mol. The van der Waals surface area contributed by atoms with Crippen LogP contribution >= 0.6 is 0 Å². The van der Waals surface area contributed by atoms with Crippen molar-refractivity contribution in [1.82, 2.24) is 5.32 Å². The van der Waals surface area contributed by atoms with Crippen LogP contribution in [0.2, 0.25) is 0 Å². The number of ether oxygens (including phenoxy) is 1. The minimum Gasteiger partial charge on any atom is -0.507 e. The molecule has 0 heterocycles. The highest BCUT2D eigenvalue weighted by Gasteiger charge is 2.14. The Bertz CT molecular complexity index is 345. The summed E-state index contributed by atoms with van der Waals surface area (Å²) in [4.78, 5) is 11.6. The lowest BCUT2D eigenvalue weighted by molar-refractivity contribution is 0.0943. The van der Waals surface area contributed by atoms with E-state index in [-0.39, 0.29) is 17.1 Å². The zero-order valence-electron chi connectivity index (χ0n) is 9.06. The Morgan fingerprint density at radius 1 is 1.38 bits per heavy atom. The third kappa shape index (κ3) is 3.13. The van der Waals surface area contributed by atoms with Gasteiger partial charge in [0.15, 0.2) is 0 Å². The number of phenolic OH excluding ortho intramolecular Hbond substituents is 2. The van der Waals surface area contributed by atoms with Gasteiger partial charge < -0.3 is 20.3 Å². The van der Waals surface area contributed by atoms with Crippen molar-refractivity contribution >= 4 is 5.91 Å². The van der Waals surface area contributed by atoms with Gasteiger partial charge in [0.1, 0.15) is 17.1 Å². The smallest absolute Gasteiger partial charge is 0.258 e.